The first-order chi connectivity index (χ1) is 9.31. The number of carboxylic acid groups (broad SMARTS) is 1. The lowest BCUT2D eigenvalue weighted by atomic mass is 10.2. The molecule has 0 spiro atoms. The Morgan fingerprint density at radius 1 is 1.50 bits per heavy atom. The van der Waals surface area contributed by atoms with Gasteiger partial charge in [-0.3, -0.25) is 4.79 Å². The molecule has 1 saturated heterocycles. The van der Waals surface area contributed by atoms with E-state index < -0.39 is 30.4 Å². The Hall–Kier alpha value is -1.83. The maximum absolute atomic E-state index is 11.9. The largest absolute Gasteiger partial charge is 0.480 e. The number of carbonyl (C=O) groups is 3. The van der Waals surface area contributed by atoms with E-state index in [0.29, 0.717) is 6.54 Å². The second-order valence-electron chi connectivity index (χ2n) is 5.17. The Labute approximate surface area is 117 Å². The van der Waals surface area contributed by atoms with Crippen molar-refractivity contribution in [2.75, 3.05) is 27.2 Å². The van der Waals surface area contributed by atoms with Gasteiger partial charge in [-0.25, -0.2) is 9.59 Å². The number of carboxylic acids is 1. The van der Waals surface area contributed by atoms with Crippen LogP contribution in [0.3, 0.4) is 0 Å². The summed E-state index contributed by atoms with van der Waals surface area (Å²) in [6.07, 6.45) is 1.69. The van der Waals surface area contributed by atoms with Crippen molar-refractivity contribution in [3.63, 3.8) is 0 Å². The van der Waals surface area contributed by atoms with E-state index in [2.05, 4.69) is 10.2 Å². The van der Waals surface area contributed by atoms with Gasteiger partial charge in [0, 0.05) is 19.6 Å². The van der Waals surface area contributed by atoms with Crippen molar-refractivity contribution in [2.24, 2.45) is 5.73 Å². The quantitative estimate of drug-likeness (QED) is 0.582. The first kappa shape index (κ1) is 16.2. The second-order valence-corrected chi connectivity index (χ2v) is 5.17. The highest BCUT2D eigenvalue weighted by Crippen LogP contribution is 2.15. The third-order valence-electron chi connectivity index (χ3n) is 3.50. The molecular weight excluding hydrogens is 264 g/mol. The summed E-state index contributed by atoms with van der Waals surface area (Å²) >= 11 is 0. The number of nitrogens with one attached hydrogen (secondary N) is 1. The number of nitrogens with zero attached hydrogens (tertiary/aromatic N) is 2. The molecule has 1 aliphatic heterocycles. The fourth-order valence-corrected chi connectivity index (χ4v) is 2.27. The number of primary amides is 1. The molecule has 0 saturated carbocycles. The summed E-state index contributed by atoms with van der Waals surface area (Å²) in [5, 5.41) is 11.2. The molecule has 0 bridgehead atoms. The van der Waals surface area contributed by atoms with E-state index in [1.807, 2.05) is 7.05 Å². The van der Waals surface area contributed by atoms with Gasteiger partial charge < -0.3 is 26.0 Å². The van der Waals surface area contributed by atoms with Gasteiger partial charge >= 0.3 is 12.0 Å². The zero-order valence-corrected chi connectivity index (χ0v) is 11.8. The zero-order chi connectivity index (χ0) is 15.3. The minimum absolute atomic E-state index is 0.283. The molecule has 0 aromatic heterocycles. The third kappa shape index (κ3) is 4.69. The van der Waals surface area contributed by atoms with Crippen LogP contribution in [0.5, 0.6) is 0 Å². The topological polar surface area (TPSA) is 116 Å². The van der Waals surface area contributed by atoms with Gasteiger partial charge in [0.1, 0.15) is 6.04 Å². The molecule has 0 aliphatic carbocycles. The highest BCUT2D eigenvalue weighted by Gasteiger charge is 2.27. The van der Waals surface area contributed by atoms with Crippen LogP contribution in [0.1, 0.15) is 19.3 Å². The monoisotopic (exact) mass is 286 g/mol. The molecule has 0 aromatic carbocycles. The van der Waals surface area contributed by atoms with Gasteiger partial charge in [0.2, 0.25) is 5.91 Å². The van der Waals surface area contributed by atoms with Crippen LogP contribution in [0.15, 0.2) is 0 Å². The zero-order valence-electron chi connectivity index (χ0n) is 11.8. The summed E-state index contributed by atoms with van der Waals surface area (Å²) < 4.78 is 0. The van der Waals surface area contributed by atoms with Crippen molar-refractivity contribution in [3.8, 4) is 0 Å². The molecule has 1 rings (SSSR count). The van der Waals surface area contributed by atoms with Gasteiger partial charge in [0.05, 0.1) is 6.42 Å². The second kappa shape index (κ2) is 7.09. The van der Waals surface area contributed by atoms with Crippen LogP contribution in [0.2, 0.25) is 0 Å². The first-order valence-corrected chi connectivity index (χ1v) is 6.54. The summed E-state index contributed by atoms with van der Waals surface area (Å²) in [5.41, 5.74) is 4.96. The molecule has 1 unspecified atom stereocenters. The average Bonchev–Trinajstić information content (AvgIpc) is 2.73. The first-order valence-electron chi connectivity index (χ1n) is 6.54. The average molecular weight is 286 g/mol. The number of hydrogen-bond acceptors (Lipinski definition) is 4. The molecule has 114 valence electrons. The van der Waals surface area contributed by atoms with Crippen LogP contribution in [0.25, 0.3) is 0 Å². The van der Waals surface area contributed by atoms with Crippen molar-refractivity contribution < 1.29 is 19.5 Å². The fraction of sp³-hybridized carbons (Fsp3) is 0.750. The Kier molecular flexibility index (Phi) is 5.75. The summed E-state index contributed by atoms with van der Waals surface area (Å²) in [7, 11) is 3.60. The summed E-state index contributed by atoms with van der Waals surface area (Å²) in [6.45, 7) is 1.52. The molecule has 20 heavy (non-hydrogen) atoms. The third-order valence-corrected chi connectivity index (χ3v) is 3.50. The molecule has 8 heteroatoms. The number of aliphatic carboxylic acids is 1. The van der Waals surface area contributed by atoms with E-state index in [1.54, 1.807) is 7.05 Å². The number of urea groups is 1. The number of nitrogens with two attached hydrogens (primary N) is 1. The van der Waals surface area contributed by atoms with E-state index >= 15 is 0 Å². The van der Waals surface area contributed by atoms with Gasteiger partial charge in [0.15, 0.2) is 0 Å². The lowest BCUT2D eigenvalue weighted by Crippen LogP contribution is -2.50. The normalized spacial score (nSPS) is 20.4. The van der Waals surface area contributed by atoms with Gasteiger partial charge in [-0.05, 0) is 26.4 Å². The van der Waals surface area contributed by atoms with Gasteiger partial charge in [-0.15, -0.1) is 0 Å². The Morgan fingerprint density at radius 3 is 2.60 bits per heavy atom. The Bertz CT molecular complexity index is 388. The van der Waals surface area contributed by atoms with Gasteiger partial charge in [-0.1, -0.05) is 0 Å². The number of hydrogen-bond donors (Lipinski definition) is 3. The van der Waals surface area contributed by atoms with Crippen LogP contribution in [0, 0.1) is 0 Å². The number of carbonyl (C=O) groups excluding carboxylic acids is 2. The van der Waals surface area contributed by atoms with E-state index in [1.165, 1.54) is 4.90 Å². The number of amides is 3. The Morgan fingerprint density at radius 2 is 2.15 bits per heavy atom. The van der Waals surface area contributed by atoms with Crippen molar-refractivity contribution in [2.45, 2.75) is 31.3 Å². The smallest absolute Gasteiger partial charge is 0.326 e. The molecule has 0 radical (unpaired) electrons. The van der Waals surface area contributed by atoms with Crippen LogP contribution >= 0.6 is 0 Å². The molecule has 0 aromatic rings. The van der Waals surface area contributed by atoms with Crippen molar-refractivity contribution in [3.05, 3.63) is 0 Å². The van der Waals surface area contributed by atoms with Crippen molar-refractivity contribution in [1.29, 1.82) is 0 Å². The molecule has 3 amide bonds. The predicted molar refractivity (Wildman–Crippen MR) is 72.0 cm³/mol. The summed E-state index contributed by atoms with van der Waals surface area (Å²) in [4.78, 5) is 37.2. The SMILES string of the molecule is CN(CC1CCCN1C)C(=O)N[C@H](CC(N)=O)C(=O)O. The summed E-state index contributed by atoms with van der Waals surface area (Å²) in [6, 6.07) is -1.52. The van der Waals surface area contributed by atoms with Gasteiger partial charge in [-0.2, -0.15) is 0 Å². The van der Waals surface area contributed by atoms with Crippen LogP contribution in [0.4, 0.5) is 4.79 Å². The van der Waals surface area contributed by atoms with Crippen molar-refractivity contribution >= 4 is 17.9 Å². The van der Waals surface area contributed by atoms with Crippen LogP contribution in [-0.2, 0) is 9.59 Å². The lowest BCUT2D eigenvalue weighted by Gasteiger charge is -2.27. The molecule has 2 atom stereocenters. The minimum atomic E-state index is -1.29. The molecular formula is C12H22N4O4. The molecule has 4 N–H and O–H groups in total. The highest BCUT2D eigenvalue weighted by molar-refractivity contribution is 5.87. The maximum Gasteiger partial charge on any atom is 0.326 e. The van der Waals surface area contributed by atoms with E-state index in [0.717, 1.165) is 19.4 Å². The molecule has 8 nitrogen and oxygen atoms in total. The van der Waals surface area contributed by atoms with Crippen LogP contribution in [-0.4, -0.2) is 72.1 Å². The lowest BCUT2D eigenvalue weighted by molar-refractivity contribution is -0.140. The van der Waals surface area contributed by atoms with E-state index in [4.69, 9.17) is 10.8 Å². The number of likely N-dealkylation sites (N-methyl/N-ethyl adjacent to an activating group) is 2. The molecule has 1 heterocycles. The molecule has 1 fully saturated rings. The number of rotatable bonds is 6. The number of likely N-dealkylation sites (tertiary alicyclic amines) is 1. The fourth-order valence-electron chi connectivity index (χ4n) is 2.27. The standard InChI is InChI=1S/C12H22N4O4/c1-15-5-3-4-8(15)7-16(2)12(20)14-9(11(18)19)6-10(13)17/h8-9H,3-7H2,1-2H3,(H2,13,17)(H,14,20)(H,18,19)/t8?,9-/m1/s1. The Balaban J connectivity index is 2.50. The van der Waals surface area contributed by atoms with E-state index in [-0.39, 0.29) is 6.04 Å². The highest BCUT2D eigenvalue weighted by atomic mass is 16.4. The maximum atomic E-state index is 11.9. The predicted octanol–water partition coefficient (Wildman–Crippen LogP) is -0.949. The van der Waals surface area contributed by atoms with Gasteiger partial charge in [0.25, 0.3) is 0 Å². The minimum Gasteiger partial charge on any atom is -0.480 e. The van der Waals surface area contributed by atoms with E-state index in [9.17, 15) is 14.4 Å². The van der Waals surface area contributed by atoms with Crippen LogP contribution < -0.4 is 11.1 Å². The molecule has 1 aliphatic rings. The summed E-state index contributed by atoms with van der Waals surface area (Å²) in [5.74, 6) is -2.04. The van der Waals surface area contributed by atoms with Crippen molar-refractivity contribution in [1.82, 2.24) is 15.1 Å².